The number of carboxylic acids is 1. The van der Waals surface area contributed by atoms with Crippen LogP contribution in [0.2, 0.25) is 5.02 Å². The molecule has 1 N–H and O–H groups in total. The number of nitrogens with zero attached hydrogens (tertiary/aromatic N) is 1. The van der Waals surface area contributed by atoms with E-state index in [1.54, 1.807) is 0 Å². The van der Waals surface area contributed by atoms with E-state index in [2.05, 4.69) is 0 Å². The van der Waals surface area contributed by atoms with E-state index in [1.807, 2.05) is 0 Å². The average Bonchev–Trinajstić information content (AvgIpc) is 2.23. The molecule has 1 amide bonds. The van der Waals surface area contributed by atoms with Crippen molar-refractivity contribution in [3.05, 3.63) is 34.6 Å². The van der Waals surface area contributed by atoms with Crippen LogP contribution in [0.1, 0.15) is 18.5 Å². The first kappa shape index (κ1) is 13.4. The van der Waals surface area contributed by atoms with Crippen LogP contribution in [0.3, 0.4) is 0 Å². The van der Waals surface area contributed by atoms with Crippen LogP contribution in [0.4, 0.5) is 4.39 Å². The van der Waals surface area contributed by atoms with Crippen LogP contribution in [-0.2, 0) is 9.59 Å². The second-order valence-electron chi connectivity index (χ2n) is 3.51. The van der Waals surface area contributed by atoms with Gasteiger partial charge in [-0.3, -0.25) is 4.79 Å². The summed E-state index contributed by atoms with van der Waals surface area (Å²) in [6.45, 7) is 1.21. The van der Waals surface area contributed by atoms with E-state index in [0.29, 0.717) is 0 Å². The van der Waals surface area contributed by atoms with Crippen molar-refractivity contribution in [1.29, 1.82) is 0 Å². The second kappa shape index (κ2) is 5.14. The normalized spacial score (nSPS) is 12.0. The number of rotatable bonds is 3. The molecule has 1 atom stereocenters. The summed E-state index contributed by atoms with van der Waals surface area (Å²) in [5, 5.41) is 8.88. The molecular weight excluding hydrogens is 249 g/mol. The van der Waals surface area contributed by atoms with Gasteiger partial charge in [-0.1, -0.05) is 23.7 Å². The fourth-order valence-corrected chi connectivity index (χ4v) is 1.60. The predicted molar refractivity (Wildman–Crippen MR) is 60.2 cm³/mol. The molecule has 0 aromatic heterocycles. The van der Waals surface area contributed by atoms with Crippen LogP contribution < -0.4 is 0 Å². The van der Waals surface area contributed by atoms with Gasteiger partial charge in [0.1, 0.15) is 5.82 Å². The van der Waals surface area contributed by atoms with Gasteiger partial charge in [0.15, 0.2) is 6.04 Å². The first-order valence-electron chi connectivity index (χ1n) is 4.76. The van der Waals surface area contributed by atoms with Crippen molar-refractivity contribution in [3.63, 3.8) is 0 Å². The van der Waals surface area contributed by atoms with Gasteiger partial charge in [-0.05, 0) is 6.07 Å². The van der Waals surface area contributed by atoms with Crippen molar-refractivity contribution < 1.29 is 19.1 Å². The van der Waals surface area contributed by atoms with E-state index >= 15 is 0 Å². The predicted octanol–water partition coefficient (Wildman–Crippen LogP) is 2.08. The third kappa shape index (κ3) is 2.74. The summed E-state index contributed by atoms with van der Waals surface area (Å²) in [6, 6.07) is 2.66. The van der Waals surface area contributed by atoms with E-state index in [-0.39, 0.29) is 10.6 Å². The molecule has 1 aromatic carbocycles. The molecular formula is C11H11ClFNO3. The van der Waals surface area contributed by atoms with E-state index in [9.17, 15) is 14.0 Å². The lowest BCUT2D eigenvalue weighted by molar-refractivity contribution is -0.148. The molecule has 0 fully saturated rings. The lowest BCUT2D eigenvalue weighted by atomic mass is 10.1. The van der Waals surface area contributed by atoms with Crippen molar-refractivity contribution in [2.24, 2.45) is 0 Å². The summed E-state index contributed by atoms with van der Waals surface area (Å²) in [5.41, 5.74) is -0.136. The number of halogens is 2. The van der Waals surface area contributed by atoms with E-state index in [1.165, 1.54) is 32.2 Å². The van der Waals surface area contributed by atoms with E-state index < -0.39 is 23.7 Å². The second-order valence-corrected chi connectivity index (χ2v) is 3.92. The molecule has 92 valence electrons. The zero-order valence-electron chi connectivity index (χ0n) is 9.28. The van der Waals surface area contributed by atoms with Crippen LogP contribution >= 0.6 is 11.6 Å². The van der Waals surface area contributed by atoms with Crippen LogP contribution in [-0.4, -0.2) is 28.9 Å². The maximum atomic E-state index is 13.7. The maximum absolute atomic E-state index is 13.7. The summed E-state index contributed by atoms with van der Waals surface area (Å²) in [7, 11) is 1.29. The molecule has 0 saturated carbocycles. The molecule has 0 aliphatic carbocycles. The maximum Gasteiger partial charge on any atom is 0.331 e. The number of benzene rings is 1. The van der Waals surface area contributed by atoms with Gasteiger partial charge < -0.3 is 10.0 Å². The third-order valence-electron chi connectivity index (χ3n) is 2.39. The molecule has 4 nitrogen and oxygen atoms in total. The van der Waals surface area contributed by atoms with Crippen molar-refractivity contribution in [3.8, 4) is 0 Å². The Balaban J connectivity index is 3.28. The molecule has 0 spiro atoms. The van der Waals surface area contributed by atoms with Gasteiger partial charge in [0.05, 0.1) is 5.02 Å². The van der Waals surface area contributed by atoms with Gasteiger partial charge in [0, 0.05) is 19.5 Å². The first-order chi connectivity index (χ1) is 7.86. The summed E-state index contributed by atoms with van der Waals surface area (Å²) in [6.07, 6.45) is 0. The molecule has 0 aliphatic heterocycles. The minimum atomic E-state index is -1.38. The average molecular weight is 260 g/mol. The molecule has 0 radical (unpaired) electrons. The van der Waals surface area contributed by atoms with E-state index in [0.717, 1.165) is 4.90 Å². The van der Waals surface area contributed by atoms with Gasteiger partial charge in [0.2, 0.25) is 5.91 Å². The number of carboxylic acid groups (broad SMARTS) is 1. The number of likely N-dealkylation sites (N-methyl/N-ethyl adjacent to an activating group) is 1. The highest BCUT2D eigenvalue weighted by molar-refractivity contribution is 6.30. The lowest BCUT2D eigenvalue weighted by Gasteiger charge is -2.24. The zero-order valence-corrected chi connectivity index (χ0v) is 10.0. The van der Waals surface area contributed by atoms with E-state index in [4.69, 9.17) is 16.7 Å². The Morgan fingerprint density at radius 3 is 2.53 bits per heavy atom. The highest BCUT2D eigenvalue weighted by Crippen LogP contribution is 2.27. The number of aliphatic carboxylic acids is 1. The van der Waals surface area contributed by atoms with Gasteiger partial charge in [-0.15, -0.1) is 0 Å². The highest BCUT2D eigenvalue weighted by atomic mass is 35.5. The smallest absolute Gasteiger partial charge is 0.331 e. The van der Waals surface area contributed by atoms with Crippen molar-refractivity contribution >= 4 is 23.5 Å². The number of carbonyl (C=O) groups excluding carboxylic acids is 1. The summed E-state index contributed by atoms with van der Waals surface area (Å²) in [4.78, 5) is 23.2. The molecule has 6 heteroatoms. The Hall–Kier alpha value is -1.62. The number of hydrogen-bond donors (Lipinski definition) is 1. The molecule has 0 heterocycles. The fourth-order valence-electron chi connectivity index (χ4n) is 1.42. The van der Waals surface area contributed by atoms with Crippen molar-refractivity contribution in [2.75, 3.05) is 7.05 Å². The minimum absolute atomic E-state index is 0.136. The monoisotopic (exact) mass is 259 g/mol. The van der Waals surface area contributed by atoms with Crippen molar-refractivity contribution in [2.45, 2.75) is 13.0 Å². The van der Waals surface area contributed by atoms with Gasteiger partial charge >= 0.3 is 5.97 Å². The fraction of sp³-hybridized carbons (Fsp3) is 0.273. The Bertz CT molecular complexity index is 464. The number of carbonyl (C=O) groups is 2. The minimum Gasteiger partial charge on any atom is -0.479 e. The highest BCUT2D eigenvalue weighted by Gasteiger charge is 2.29. The van der Waals surface area contributed by atoms with Crippen LogP contribution in [0.5, 0.6) is 0 Å². The Morgan fingerprint density at radius 2 is 2.06 bits per heavy atom. The number of amides is 1. The van der Waals surface area contributed by atoms with Crippen LogP contribution in [0.15, 0.2) is 18.2 Å². The summed E-state index contributed by atoms with van der Waals surface area (Å²) >= 11 is 5.58. The Morgan fingerprint density at radius 1 is 1.47 bits per heavy atom. The molecule has 17 heavy (non-hydrogen) atoms. The van der Waals surface area contributed by atoms with Gasteiger partial charge in [0.25, 0.3) is 0 Å². The Labute approximate surface area is 103 Å². The molecule has 0 saturated heterocycles. The van der Waals surface area contributed by atoms with Crippen LogP contribution in [0.25, 0.3) is 0 Å². The molecule has 1 aromatic rings. The first-order valence-corrected chi connectivity index (χ1v) is 5.14. The van der Waals surface area contributed by atoms with Gasteiger partial charge in [-0.25, -0.2) is 9.18 Å². The van der Waals surface area contributed by atoms with Crippen LogP contribution in [0, 0.1) is 5.82 Å². The third-order valence-corrected chi connectivity index (χ3v) is 2.69. The molecule has 1 rings (SSSR count). The standard InChI is InChI=1S/C11H11ClFNO3/c1-6(15)14(2)10(11(16)17)7-4-3-5-8(12)9(7)13/h3-5,10H,1-2H3,(H,16,17). The lowest BCUT2D eigenvalue weighted by Crippen LogP contribution is -2.34. The van der Waals surface area contributed by atoms with Gasteiger partial charge in [-0.2, -0.15) is 0 Å². The Kier molecular flexibility index (Phi) is 4.07. The zero-order chi connectivity index (χ0) is 13.2. The summed E-state index contributed by atoms with van der Waals surface area (Å²) < 4.78 is 13.7. The van der Waals surface area contributed by atoms with Crippen molar-refractivity contribution in [1.82, 2.24) is 4.90 Å². The SMILES string of the molecule is CC(=O)N(C)C(C(=O)O)c1cccc(Cl)c1F. The topological polar surface area (TPSA) is 57.6 Å². The molecule has 0 aliphatic rings. The number of hydrogen-bond acceptors (Lipinski definition) is 2. The molecule has 0 bridgehead atoms. The molecule has 1 unspecified atom stereocenters. The summed E-state index contributed by atoms with van der Waals surface area (Å²) in [5.74, 6) is -2.62. The quantitative estimate of drug-likeness (QED) is 0.904. The largest absolute Gasteiger partial charge is 0.479 e.